The van der Waals surface area contributed by atoms with Gasteiger partial charge in [0.25, 0.3) is 0 Å². The normalized spacial score (nSPS) is 18.6. The molecular weight excluding hydrogens is 226 g/mol. The van der Waals surface area contributed by atoms with Crippen LogP contribution >= 0.6 is 0 Å². The van der Waals surface area contributed by atoms with Gasteiger partial charge in [-0.1, -0.05) is 6.42 Å². The highest BCUT2D eigenvalue weighted by Crippen LogP contribution is 2.12. The second-order valence-corrected chi connectivity index (χ2v) is 5.16. The minimum atomic E-state index is 0.336. The Balaban J connectivity index is 1.87. The molecule has 0 amide bonds. The van der Waals surface area contributed by atoms with Crippen molar-refractivity contribution in [2.24, 2.45) is 0 Å². The Bertz CT molecular complexity index is 367. The molecule has 1 saturated heterocycles. The van der Waals surface area contributed by atoms with Crippen LogP contribution in [0.2, 0.25) is 0 Å². The first-order valence-corrected chi connectivity index (χ1v) is 6.73. The van der Waals surface area contributed by atoms with Crippen molar-refractivity contribution in [1.29, 1.82) is 0 Å². The van der Waals surface area contributed by atoms with Crippen LogP contribution < -0.4 is 11.1 Å². The number of nitrogens with zero attached hydrogens (tertiary/aromatic N) is 3. The summed E-state index contributed by atoms with van der Waals surface area (Å²) >= 11 is 0. The second-order valence-electron chi connectivity index (χ2n) is 5.16. The van der Waals surface area contributed by atoms with E-state index in [-0.39, 0.29) is 0 Å². The summed E-state index contributed by atoms with van der Waals surface area (Å²) in [6.07, 6.45) is 4.03. The Morgan fingerprint density at radius 3 is 2.72 bits per heavy atom. The minimum Gasteiger partial charge on any atom is -0.368 e. The smallest absolute Gasteiger partial charge is 0.222 e. The lowest BCUT2D eigenvalue weighted by Gasteiger charge is -2.29. The summed E-state index contributed by atoms with van der Waals surface area (Å²) in [6.45, 7) is 7.61. The van der Waals surface area contributed by atoms with Crippen molar-refractivity contribution in [2.75, 3.05) is 30.7 Å². The zero-order chi connectivity index (χ0) is 13.0. The number of hydrogen-bond donors (Lipinski definition) is 2. The summed E-state index contributed by atoms with van der Waals surface area (Å²) < 4.78 is 0. The topological polar surface area (TPSA) is 67.1 Å². The first-order chi connectivity index (χ1) is 8.63. The first kappa shape index (κ1) is 13.1. The van der Waals surface area contributed by atoms with Crippen molar-refractivity contribution in [3.63, 3.8) is 0 Å². The van der Waals surface area contributed by atoms with Crippen LogP contribution in [-0.2, 0) is 0 Å². The van der Waals surface area contributed by atoms with Gasteiger partial charge in [-0.3, -0.25) is 0 Å². The SMILES string of the molecule is Cc1cc(NC(C)CN2CCCCC2)nc(N)n1. The van der Waals surface area contributed by atoms with Gasteiger partial charge in [0, 0.05) is 24.3 Å². The highest BCUT2D eigenvalue weighted by Gasteiger charge is 2.13. The van der Waals surface area contributed by atoms with E-state index in [1.807, 2.05) is 13.0 Å². The molecule has 3 N–H and O–H groups in total. The predicted molar refractivity (Wildman–Crippen MR) is 74.6 cm³/mol. The van der Waals surface area contributed by atoms with Gasteiger partial charge in [-0.15, -0.1) is 0 Å². The molecule has 2 heterocycles. The number of piperidine rings is 1. The maximum absolute atomic E-state index is 5.65. The van der Waals surface area contributed by atoms with E-state index in [0.29, 0.717) is 12.0 Å². The highest BCUT2D eigenvalue weighted by molar-refractivity contribution is 5.40. The van der Waals surface area contributed by atoms with Gasteiger partial charge in [0.15, 0.2) is 0 Å². The molecule has 1 unspecified atom stereocenters. The number of nitrogens with one attached hydrogen (secondary N) is 1. The Hall–Kier alpha value is -1.36. The number of nitrogens with two attached hydrogens (primary N) is 1. The largest absolute Gasteiger partial charge is 0.368 e. The van der Waals surface area contributed by atoms with Crippen LogP contribution in [-0.4, -0.2) is 40.5 Å². The van der Waals surface area contributed by atoms with Gasteiger partial charge in [0.1, 0.15) is 5.82 Å². The highest BCUT2D eigenvalue weighted by atomic mass is 15.2. The van der Waals surface area contributed by atoms with E-state index >= 15 is 0 Å². The molecular formula is C13H23N5. The van der Waals surface area contributed by atoms with E-state index < -0.39 is 0 Å². The van der Waals surface area contributed by atoms with E-state index in [0.717, 1.165) is 18.1 Å². The molecule has 0 saturated carbocycles. The van der Waals surface area contributed by atoms with Crippen LogP contribution in [0, 0.1) is 6.92 Å². The Kier molecular flexibility index (Phi) is 4.36. The van der Waals surface area contributed by atoms with E-state index in [4.69, 9.17) is 5.73 Å². The van der Waals surface area contributed by atoms with Crippen molar-refractivity contribution < 1.29 is 0 Å². The van der Waals surface area contributed by atoms with Gasteiger partial charge in [-0.05, 0) is 39.8 Å². The number of rotatable bonds is 4. The summed E-state index contributed by atoms with van der Waals surface area (Å²) in [5, 5.41) is 3.40. The van der Waals surface area contributed by atoms with Gasteiger partial charge in [-0.2, -0.15) is 4.98 Å². The summed E-state index contributed by atoms with van der Waals surface area (Å²) in [5.74, 6) is 1.16. The molecule has 0 aliphatic carbocycles. The van der Waals surface area contributed by atoms with Crippen LogP contribution in [0.1, 0.15) is 31.9 Å². The molecule has 1 aliphatic rings. The molecule has 1 atom stereocenters. The average Bonchev–Trinajstić information content (AvgIpc) is 2.28. The van der Waals surface area contributed by atoms with Gasteiger partial charge >= 0.3 is 0 Å². The summed E-state index contributed by atoms with van der Waals surface area (Å²) in [5.41, 5.74) is 6.55. The quantitative estimate of drug-likeness (QED) is 0.849. The van der Waals surface area contributed by atoms with Gasteiger partial charge in [-0.25, -0.2) is 4.98 Å². The van der Waals surface area contributed by atoms with Gasteiger partial charge in [0.05, 0.1) is 0 Å². The lowest BCUT2D eigenvalue weighted by atomic mass is 10.1. The number of likely N-dealkylation sites (tertiary alicyclic amines) is 1. The van der Waals surface area contributed by atoms with Crippen molar-refractivity contribution in [3.05, 3.63) is 11.8 Å². The van der Waals surface area contributed by atoms with Crippen LogP contribution in [0.4, 0.5) is 11.8 Å². The standard InChI is InChI=1S/C13H23N5/c1-10-8-12(17-13(14)16-10)15-11(2)9-18-6-4-3-5-7-18/h8,11H,3-7,9H2,1-2H3,(H3,14,15,16,17). The van der Waals surface area contributed by atoms with Crippen LogP contribution in [0.15, 0.2) is 6.07 Å². The molecule has 0 bridgehead atoms. The second kappa shape index (κ2) is 6.00. The van der Waals surface area contributed by atoms with E-state index in [9.17, 15) is 0 Å². The fourth-order valence-electron chi connectivity index (χ4n) is 2.49. The number of aryl methyl sites for hydroxylation is 1. The monoisotopic (exact) mass is 249 g/mol. The van der Waals surface area contributed by atoms with Gasteiger partial charge in [0.2, 0.25) is 5.95 Å². The fraction of sp³-hybridized carbons (Fsp3) is 0.692. The third kappa shape index (κ3) is 3.84. The number of nitrogen functional groups attached to an aromatic ring is 1. The zero-order valence-corrected chi connectivity index (χ0v) is 11.3. The Morgan fingerprint density at radius 2 is 2.06 bits per heavy atom. The van der Waals surface area contributed by atoms with Crippen molar-refractivity contribution in [3.8, 4) is 0 Å². The van der Waals surface area contributed by atoms with E-state index in [2.05, 4.69) is 27.1 Å². The molecule has 1 aliphatic heterocycles. The Labute approximate surface area is 109 Å². The molecule has 100 valence electrons. The third-order valence-electron chi connectivity index (χ3n) is 3.25. The number of hydrogen-bond acceptors (Lipinski definition) is 5. The molecule has 1 fully saturated rings. The van der Waals surface area contributed by atoms with Crippen LogP contribution in [0.25, 0.3) is 0 Å². The molecule has 0 radical (unpaired) electrons. The maximum Gasteiger partial charge on any atom is 0.222 e. The van der Waals surface area contributed by atoms with Crippen LogP contribution in [0.3, 0.4) is 0 Å². The molecule has 1 aromatic heterocycles. The summed E-state index contributed by atoms with van der Waals surface area (Å²) in [7, 11) is 0. The van der Waals surface area contributed by atoms with Crippen molar-refractivity contribution in [2.45, 2.75) is 39.2 Å². The first-order valence-electron chi connectivity index (χ1n) is 6.73. The lowest BCUT2D eigenvalue weighted by Crippen LogP contribution is -2.38. The van der Waals surface area contributed by atoms with Crippen LogP contribution in [0.5, 0.6) is 0 Å². The van der Waals surface area contributed by atoms with Gasteiger partial charge < -0.3 is 16.0 Å². The predicted octanol–water partition coefficient (Wildman–Crippen LogP) is 1.65. The van der Waals surface area contributed by atoms with E-state index in [1.165, 1.54) is 32.4 Å². The molecule has 5 nitrogen and oxygen atoms in total. The maximum atomic E-state index is 5.65. The average molecular weight is 249 g/mol. The molecule has 1 aromatic rings. The molecule has 18 heavy (non-hydrogen) atoms. The third-order valence-corrected chi connectivity index (χ3v) is 3.25. The Morgan fingerprint density at radius 1 is 1.33 bits per heavy atom. The van der Waals surface area contributed by atoms with E-state index in [1.54, 1.807) is 0 Å². The molecule has 5 heteroatoms. The molecule has 0 spiro atoms. The van der Waals surface area contributed by atoms with Crippen molar-refractivity contribution >= 4 is 11.8 Å². The summed E-state index contributed by atoms with van der Waals surface area (Å²) in [4.78, 5) is 10.8. The minimum absolute atomic E-state index is 0.336. The number of aromatic nitrogens is 2. The van der Waals surface area contributed by atoms with Crippen molar-refractivity contribution in [1.82, 2.24) is 14.9 Å². The number of anilines is 2. The lowest BCUT2D eigenvalue weighted by molar-refractivity contribution is 0.223. The zero-order valence-electron chi connectivity index (χ0n) is 11.3. The molecule has 0 aromatic carbocycles. The molecule has 2 rings (SSSR count). The summed E-state index contributed by atoms with van der Waals surface area (Å²) in [6, 6.07) is 2.31. The fourth-order valence-corrected chi connectivity index (χ4v) is 2.49.